The van der Waals surface area contributed by atoms with Gasteiger partial charge in [-0.25, -0.2) is 9.18 Å². The summed E-state index contributed by atoms with van der Waals surface area (Å²) >= 11 is 0. The molecule has 0 spiro atoms. The van der Waals surface area contributed by atoms with Crippen LogP contribution in [0.2, 0.25) is 0 Å². The Morgan fingerprint density at radius 2 is 1.78 bits per heavy atom. The van der Waals surface area contributed by atoms with Gasteiger partial charge >= 0.3 is 6.09 Å². The highest BCUT2D eigenvalue weighted by molar-refractivity contribution is 6.01. The van der Waals surface area contributed by atoms with E-state index in [1.807, 2.05) is 20.8 Å². The van der Waals surface area contributed by atoms with Gasteiger partial charge in [-0.1, -0.05) is 0 Å². The fourth-order valence-corrected chi connectivity index (χ4v) is 5.39. The van der Waals surface area contributed by atoms with Crippen LogP contribution in [0.5, 0.6) is 0 Å². The highest BCUT2D eigenvalue weighted by Crippen LogP contribution is 2.28. The Morgan fingerprint density at radius 3 is 2.41 bits per heavy atom. The zero-order chi connectivity index (χ0) is 26.6. The molecule has 9 nitrogen and oxygen atoms in total. The van der Waals surface area contributed by atoms with Gasteiger partial charge in [-0.2, -0.15) is 0 Å². The molecule has 3 aliphatic rings. The van der Waals surface area contributed by atoms with Crippen molar-refractivity contribution in [3.63, 3.8) is 0 Å². The number of nitrogens with zero attached hydrogens (tertiary/aromatic N) is 2. The number of carbonyl (C=O) groups is 3. The molecule has 1 aromatic carbocycles. The second-order valence-electron chi connectivity index (χ2n) is 11.5. The first kappa shape index (κ1) is 27.2. The van der Waals surface area contributed by atoms with Crippen LogP contribution in [0.4, 0.5) is 20.6 Å². The van der Waals surface area contributed by atoms with E-state index in [1.54, 1.807) is 12.1 Å². The van der Waals surface area contributed by atoms with E-state index >= 15 is 0 Å². The van der Waals surface area contributed by atoms with Crippen molar-refractivity contribution in [2.45, 2.75) is 77.0 Å². The summed E-state index contributed by atoms with van der Waals surface area (Å²) in [5.74, 6) is -0.351. The Labute approximate surface area is 218 Å². The molecule has 2 aliphatic heterocycles. The Kier molecular flexibility index (Phi) is 8.56. The third kappa shape index (κ3) is 7.80. The average molecular weight is 518 g/mol. The fourth-order valence-electron chi connectivity index (χ4n) is 5.39. The molecule has 2 heterocycles. The number of nitrogens with one attached hydrogen (secondary N) is 3. The molecule has 2 saturated heterocycles. The van der Waals surface area contributed by atoms with Crippen LogP contribution in [-0.2, 0) is 14.3 Å². The first-order chi connectivity index (χ1) is 17.6. The predicted molar refractivity (Wildman–Crippen MR) is 140 cm³/mol. The number of carbonyl (C=O) groups excluding carboxylic acids is 3. The molecule has 3 N–H and O–H groups in total. The second-order valence-corrected chi connectivity index (χ2v) is 11.5. The lowest BCUT2D eigenvalue weighted by Gasteiger charge is -2.39. The van der Waals surface area contributed by atoms with Gasteiger partial charge in [0.05, 0.1) is 5.69 Å². The minimum absolute atomic E-state index is 0.179. The van der Waals surface area contributed by atoms with Crippen LogP contribution >= 0.6 is 0 Å². The number of benzene rings is 1. The molecule has 3 fully saturated rings. The number of amides is 3. The number of anilines is 2. The second kappa shape index (κ2) is 11.7. The van der Waals surface area contributed by atoms with Crippen LogP contribution in [0.1, 0.15) is 59.3 Å². The number of alkyl carbamates (subject to hydrolysis) is 1. The van der Waals surface area contributed by atoms with E-state index in [2.05, 4.69) is 25.8 Å². The summed E-state index contributed by atoms with van der Waals surface area (Å²) in [5, 5.41) is 8.35. The van der Waals surface area contributed by atoms with Gasteiger partial charge in [-0.15, -0.1) is 0 Å². The van der Waals surface area contributed by atoms with Crippen molar-refractivity contribution in [3.8, 4) is 0 Å². The number of hydrogen-bond donors (Lipinski definition) is 3. The van der Waals surface area contributed by atoms with Gasteiger partial charge in [-0.3, -0.25) is 19.8 Å². The molecule has 0 aromatic heterocycles. The number of imide groups is 1. The first-order valence-electron chi connectivity index (χ1n) is 13.4. The molecule has 0 radical (unpaired) electrons. The maximum Gasteiger partial charge on any atom is 0.407 e. The van der Waals surface area contributed by atoms with Crippen LogP contribution in [0.15, 0.2) is 18.2 Å². The maximum atomic E-state index is 14.9. The molecule has 10 heteroatoms. The van der Waals surface area contributed by atoms with Crippen LogP contribution in [0.25, 0.3) is 0 Å². The zero-order valence-electron chi connectivity index (χ0n) is 22.1. The normalized spacial score (nSPS) is 25.4. The summed E-state index contributed by atoms with van der Waals surface area (Å²) in [6.07, 6.45) is 4.44. The Balaban J connectivity index is 1.19. The minimum atomic E-state index is -0.533. The molecule has 4 rings (SSSR count). The van der Waals surface area contributed by atoms with E-state index in [9.17, 15) is 18.8 Å². The molecule has 1 aliphatic carbocycles. The summed E-state index contributed by atoms with van der Waals surface area (Å²) < 4.78 is 20.3. The predicted octanol–water partition coefficient (Wildman–Crippen LogP) is 3.25. The van der Waals surface area contributed by atoms with Crippen LogP contribution < -0.4 is 20.9 Å². The molecule has 3 amide bonds. The average Bonchev–Trinajstić information content (AvgIpc) is 2.82. The number of piperidine rings is 1. The smallest absolute Gasteiger partial charge is 0.407 e. The SMILES string of the molecule is CC(C)(C)OC(=O)NC1CCC(CN2CCN(c3ccc(NC4CCC(=O)NC4=O)cc3F)CC2)CC1. The van der Waals surface area contributed by atoms with Gasteiger partial charge in [0.1, 0.15) is 17.5 Å². The monoisotopic (exact) mass is 517 g/mol. The van der Waals surface area contributed by atoms with Gasteiger partial charge in [0.2, 0.25) is 11.8 Å². The Morgan fingerprint density at radius 1 is 1.08 bits per heavy atom. The lowest BCUT2D eigenvalue weighted by atomic mass is 9.85. The van der Waals surface area contributed by atoms with E-state index in [1.165, 1.54) is 6.07 Å². The van der Waals surface area contributed by atoms with Crippen molar-refractivity contribution < 1.29 is 23.5 Å². The number of hydrogen-bond acceptors (Lipinski definition) is 7. The van der Waals surface area contributed by atoms with Gasteiger partial charge in [0.25, 0.3) is 0 Å². The highest BCUT2D eigenvalue weighted by Gasteiger charge is 2.29. The molecule has 37 heavy (non-hydrogen) atoms. The molecule has 204 valence electrons. The Bertz CT molecular complexity index is 981. The summed E-state index contributed by atoms with van der Waals surface area (Å²) in [5.41, 5.74) is 0.620. The summed E-state index contributed by atoms with van der Waals surface area (Å²) in [7, 11) is 0. The summed E-state index contributed by atoms with van der Waals surface area (Å²) in [6, 6.07) is 4.62. The molecule has 0 bridgehead atoms. The van der Waals surface area contributed by atoms with Crippen molar-refractivity contribution in [1.29, 1.82) is 0 Å². The molecular weight excluding hydrogens is 477 g/mol. The van der Waals surface area contributed by atoms with E-state index in [4.69, 9.17) is 4.74 Å². The topological polar surface area (TPSA) is 103 Å². The number of piperazine rings is 1. The lowest BCUT2D eigenvalue weighted by molar-refractivity contribution is -0.133. The van der Waals surface area contributed by atoms with E-state index in [0.29, 0.717) is 23.7 Å². The van der Waals surface area contributed by atoms with Crippen molar-refractivity contribution in [1.82, 2.24) is 15.5 Å². The molecule has 1 atom stereocenters. The molecule has 1 unspecified atom stereocenters. The number of halogens is 1. The third-order valence-electron chi connectivity index (χ3n) is 7.32. The van der Waals surface area contributed by atoms with Crippen LogP contribution in [0, 0.1) is 11.7 Å². The zero-order valence-corrected chi connectivity index (χ0v) is 22.1. The molecular formula is C27H40FN5O4. The van der Waals surface area contributed by atoms with Gasteiger partial charge in [0.15, 0.2) is 0 Å². The van der Waals surface area contributed by atoms with E-state index in [-0.39, 0.29) is 36.2 Å². The van der Waals surface area contributed by atoms with E-state index < -0.39 is 11.6 Å². The van der Waals surface area contributed by atoms with Crippen molar-refractivity contribution >= 4 is 29.3 Å². The highest BCUT2D eigenvalue weighted by atomic mass is 19.1. The number of rotatable bonds is 6. The maximum absolute atomic E-state index is 14.9. The van der Waals surface area contributed by atoms with Gasteiger partial charge < -0.3 is 20.3 Å². The quantitative estimate of drug-likeness (QED) is 0.498. The number of ether oxygens (including phenoxy) is 1. The standard InChI is InChI=1S/C27H40FN5O4/c1-27(2,3)37-26(36)30-19-6-4-18(5-7-19)17-32-12-14-33(15-13-32)23-10-8-20(16-21(23)28)29-22-9-11-24(34)31-25(22)35/h8,10,16,18-19,22,29H,4-7,9,11-15,17H2,1-3H3,(H,30,36)(H,31,34,35). The van der Waals surface area contributed by atoms with Crippen molar-refractivity contribution in [2.75, 3.05) is 42.9 Å². The first-order valence-corrected chi connectivity index (χ1v) is 13.4. The summed E-state index contributed by atoms with van der Waals surface area (Å²) in [6.45, 7) is 9.91. The molecule has 1 aromatic rings. The minimum Gasteiger partial charge on any atom is -0.444 e. The lowest BCUT2D eigenvalue weighted by Crippen LogP contribution is -2.49. The fraction of sp³-hybridized carbons (Fsp3) is 0.667. The van der Waals surface area contributed by atoms with E-state index in [0.717, 1.165) is 58.4 Å². The Hall–Kier alpha value is -2.88. The van der Waals surface area contributed by atoms with Crippen molar-refractivity contribution in [2.24, 2.45) is 5.92 Å². The largest absolute Gasteiger partial charge is 0.444 e. The third-order valence-corrected chi connectivity index (χ3v) is 7.32. The van der Waals surface area contributed by atoms with Crippen LogP contribution in [-0.4, -0.2) is 73.2 Å². The summed E-state index contributed by atoms with van der Waals surface area (Å²) in [4.78, 5) is 39.8. The van der Waals surface area contributed by atoms with Crippen molar-refractivity contribution in [3.05, 3.63) is 24.0 Å². The van der Waals surface area contributed by atoms with Gasteiger partial charge in [-0.05, 0) is 77.0 Å². The van der Waals surface area contributed by atoms with Crippen LogP contribution in [0.3, 0.4) is 0 Å². The molecule has 1 saturated carbocycles. The van der Waals surface area contributed by atoms with Gasteiger partial charge in [0, 0.05) is 50.9 Å².